The molecule has 1 rings (SSSR count). The number of hydrogen-bond donors (Lipinski definition) is 1. The van der Waals surface area contributed by atoms with Gasteiger partial charge in [-0.05, 0) is 6.54 Å². The van der Waals surface area contributed by atoms with Crippen molar-refractivity contribution in [2.45, 2.75) is 6.54 Å². The monoisotopic (exact) mass is 315 g/mol. The van der Waals surface area contributed by atoms with E-state index in [2.05, 4.69) is 25.8 Å². The van der Waals surface area contributed by atoms with E-state index < -0.39 is 0 Å². The molecule has 11 heavy (non-hydrogen) atoms. The SMILES string of the molecule is NCc1[c-]cccc1F.[Zn+][I]. The van der Waals surface area contributed by atoms with Crippen LogP contribution in [0.2, 0.25) is 0 Å². The van der Waals surface area contributed by atoms with E-state index in [0.717, 1.165) is 0 Å². The Morgan fingerprint density at radius 2 is 2.27 bits per heavy atom. The Morgan fingerprint density at radius 1 is 1.64 bits per heavy atom. The first-order chi connectivity index (χ1) is 5.34. The van der Waals surface area contributed by atoms with Crippen LogP contribution in [0.5, 0.6) is 0 Å². The van der Waals surface area contributed by atoms with Gasteiger partial charge in [-0.1, -0.05) is 0 Å². The maximum atomic E-state index is 12.5. The third-order valence-electron chi connectivity index (χ3n) is 1.09. The van der Waals surface area contributed by atoms with Crippen molar-refractivity contribution >= 4 is 19.8 Å². The van der Waals surface area contributed by atoms with E-state index >= 15 is 0 Å². The molecule has 1 aromatic carbocycles. The van der Waals surface area contributed by atoms with Gasteiger partial charge >= 0.3 is 34.5 Å². The Balaban J connectivity index is 0.000000461. The van der Waals surface area contributed by atoms with Crippen LogP contribution in [0, 0.1) is 11.9 Å². The average Bonchev–Trinajstić information content (AvgIpc) is 2.09. The van der Waals surface area contributed by atoms with E-state index in [1.165, 1.54) is 20.9 Å². The van der Waals surface area contributed by atoms with Crippen molar-refractivity contribution in [3.63, 3.8) is 0 Å². The molecular weight excluding hydrogens is 309 g/mol. The summed E-state index contributed by atoms with van der Waals surface area (Å²) in [5, 5.41) is 0. The van der Waals surface area contributed by atoms with Gasteiger partial charge in [0.25, 0.3) is 0 Å². The molecule has 0 unspecified atom stereocenters. The van der Waals surface area contributed by atoms with Crippen molar-refractivity contribution in [1.29, 1.82) is 0 Å². The molecule has 0 radical (unpaired) electrons. The molecule has 0 aliphatic rings. The molecule has 0 heterocycles. The molecule has 0 aliphatic heterocycles. The van der Waals surface area contributed by atoms with Gasteiger partial charge in [-0.25, -0.2) is 0 Å². The zero-order chi connectivity index (χ0) is 8.69. The second-order valence-corrected chi connectivity index (χ2v) is 1.70. The minimum absolute atomic E-state index is 0.215. The fraction of sp³-hybridized carbons (Fsp3) is 0.143. The average molecular weight is 316 g/mol. The van der Waals surface area contributed by atoms with Crippen LogP contribution in [0.25, 0.3) is 0 Å². The van der Waals surface area contributed by atoms with E-state index in [1.54, 1.807) is 12.1 Å². The van der Waals surface area contributed by atoms with Gasteiger partial charge in [0.05, 0.1) is 0 Å². The zero-order valence-electron chi connectivity index (χ0n) is 5.98. The Kier molecular flexibility index (Phi) is 7.43. The second kappa shape index (κ2) is 7.13. The Labute approximate surface area is 86.4 Å². The van der Waals surface area contributed by atoms with Gasteiger partial charge in [0.15, 0.2) is 0 Å². The van der Waals surface area contributed by atoms with Gasteiger partial charge in [0.2, 0.25) is 0 Å². The van der Waals surface area contributed by atoms with E-state index in [4.69, 9.17) is 5.73 Å². The van der Waals surface area contributed by atoms with Gasteiger partial charge < -0.3 is 5.73 Å². The molecule has 0 aliphatic carbocycles. The molecule has 0 aromatic heterocycles. The molecule has 56 valence electrons. The van der Waals surface area contributed by atoms with Crippen molar-refractivity contribution < 1.29 is 19.2 Å². The van der Waals surface area contributed by atoms with Crippen LogP contribution < -0.4 is 5.73 Å². The van der Waals surface area contributed by atoms with Crippen molar-refractivity contribution in [3.8, 4) is 0 Å². The fourth-order valence-electron chi connectivity index (χ4n) is 0.607. The Hall–Kier alpha value is 0.463. The molecule has 0 spiro atoms. The molecule has 4 heteroatoms. The van der Waals surface area contributed by atoms with Gasteiger partial charge in [-0.15, -0.1) is 11.6 Å². The summed E-state index contributed by atoms with van der Waals surface area (Å²) in [6, 6.07) is 7.30. The molecule has 0 fully saturated rings. The summed E-state index contributed by atoms with van der Waals surface area (Å²) in [7, 11) is 0. The standard InChI is InChI=1S/C7H7FN.HI.Zn/c8-7-4-2-1-3-6(7)5-9;;/h1-2,4H,5,9H2;1H;/q-1;;+2/p-1. The van der Waals surface area contributed by atoms with E-state index in [1.807, 2.05) is 0 Å². The first-order valence-corrected chi connectivity index (χ1v) is 12.0. The van der Waals surface area contributed by atoms with Crippen LogP contribution >= 0.6 is 19.8 Å². The summed E-state index contributed by atoms with van der Waals surface area (Å²) >= 11 is 3.62. The number of nitrogens with two attached hydrogens (primary N) is 1. The van der Waals surface area contributed by atoms with Gasteiger partial charge in [-0.3, -0.25) is 4.39 Å². The first-order valence-electron chi connectivity index (χ1n) is 2.96. The van der Waals surface area contributed by atoms with Gasteiger partial charge in [0.1, 0.15) is 0 Å². The molecule has 0 saturated carbocycles. The van der Waals surface area contributed by atoms with Crippen molar-refractivity contribution in [2.24, 2.45) is 5.73 Å². The molecule has 2 N–H and O–H groups in total. The fourth-order valence-corrected chi connectivity index (χ4v) is 0.607. The molecule has 0 atom stereocenters. The summed E-state index contributed by atoms with van der Waals surface area (Å²) < 4.78 is 12.5. The first kappa shape index (κ1) is 11.5. The Bertz CT molecular complexity index is 207. The van der Waals surface area contributed by atoms with Crippen LogP contribution in [-0.2, 0) is 21.3 Å². The molecular formula is C7H7FINZn. The van der Waals surface area contributed by atoms with Crippen LogP contribution in [0.1, 0.15) is 5.56 Å². The summed E-state index contributed by atoms with van der Waals surface area (Å²) in [5.41, 5.74) is 5.62. The van der Waals surface area contributed by atoms with Crippen LogP contribution in [0.3, 0.4) is 0 Å². The number of hydrogen-bond acceptors (Lipinski definition) is 1. The quantitative estimate of drug-likeness (QED) is 0.478. The second-order valence-electron chi connectivity index (χ2n) is 1.70. The van der Waals surface area contributed by atoms with E-state index in [0.29, 0.717) is 5.56 Å². The molecule has 1 nitrogen and oxygen atoms in total. The minimum atomic E-state index is -0.278. The van der Waals surface area contributed by atoms with E-state index in [-0.39, 0.29) is 12.4 Å². The number of halogens is 2. The topological polar surface area (TPSA) is 26.0 Å². The van der Waals surface area contributed by atoms with Crippen LogP contribution in [-0.4, -0.2) is 0 Å². The predicted octanol–water partition coefficient (Wildman–Crippen LogP) is 1.97. The Morgan fingerprint density at radius 3 is 2.64 bits per heavy atom. The van der Waals surface area contributed by atoms with Crippen LogP contribution in [0.15, 0.2) is 18.2 Å². The summed E-state index contributed by atoms with van der Waals surface area (Å²) in [5.74, 6) is -0.278. The van der Waals surface area contributed by atoms with Crippen molar-refractivity contribution in [1.82, 2.24) is 0 Å². The number of rotatable bonds is 1. The number of benzene rings is 1. The van der Waals surface area contributed by atoms with Crippen molar-refractivity contribution in [2.75, 3.05) is 0 Å². The van der Waals surface area contributed by atoms with Gasteiger partial charge in [-0.2, -0.15) is 18.2 Å². The van der Waals surface area contributed by atoms with E-state index in [9.17, 15) is 4.39 Å². The van der Waals surface area contributed by atoms with Crippen LogP contribution in [0.4, 0.5) is 4.39 Å². The molecule has 0 saturated heterocycles. The maximum absolute atomic E-state index is 12.5. The molecule has 0 bridgehead atoms. The summed E-state index contributed by atoms with van der Waals surface area (Å²) in [4.78, 5) is 0. The third kappa shape index (κ3) is 4.13. The normalized spacial score (nSPS) is 8.45. The summed E-state index contributed by atoms with van der Waals surface area (Å²) in [6.07, 6.45) is 0. The van der Waals surface area contributed by atoms with Gasteiger partial charge in [0, 0.05) is 5.82 Å². The zero-order valence-corrected chi connectivity index (χ0v) is 11.1. The predicted molar refractivity (Wildman–Crippen MR) is 47.1 cm³/mol. The third-order valence-corrected chi connectivity index (χ3v) is 1.09. The molecule has 0 amide bonds. The molecule has 1 aromatic rings. The summed E-state index contributed by atoms with van der Waals surface area (Å²) in [6.45, 7) is 0.215. The van der Waals surface area contributed by atoms with Crippen molar-refractivity contribution in [3.05, 3.63) is 35.6 Å².